The average molecular weight is 196 g/mol. The van der Waals surface area contributed by atoms with Crippen LogP contribution in [-0.2, 0) is 13.9 Å². The predicted octanol–water partition coefficient (Wildman–Crippen LogP) is 0.564. The Morgan fingerprint density at radius 2 is 2.25 bits per heavy atom. The first-order valence-electron chi connectivity index (χ1n) is 3.11. The highest BCUT2D eigenvalue weighted by Crippen LogP contribution is 2.00. The number of rotatable bonds is 6. The summed E-state index contributed by atoms with van der Waals surface area (Å²) < 4.78 is 14.1. The standard InChI is InChI=1S/C5H10NO4P.H3N/c6-4(5(7)8)2-1-3-10-11-9;/h4H,1-3,6H2,(H,7,8);1H3. The van der Waals surface area contributed by atoms with Gasteiger partial charge in [-0.15, -0.1) is 0 Å². The van der Waals surface area contributed by atoms with Gasteiger partial charge in [0.25, 0.3) is 0 Å². The third-order valence-corrected chi connectivity index (χ3v) is 1.41. The molecule has 0 amide bonds. The van der Waals surface area contributed by atoms with Gasteiger partial charge in [-0.1, -0.05) is 0 Å². The summed E-state index contributed by atoms with van der Waals surface area (Å²) in [5.74, 6) is -1.02. The molecule has 1 atom stereocenters. The third-order valence-electron chi connectivity index (χ3n) is 1.12. The lowest BCUT2D eigenvalue weighted by molar-refractivity contribution is -0.138. The quantitative estimate of drug-likeness (QED) is 0.421. The number of carboxylic acid groups (broad SMARTS) is 1. The van der Waals surface area contributed by atoms with E-state index in [4.69, 9.17) is 10.8 Å². The van der Waals surface area contributed by atoms with E-state index >= 15 is 0 Å². The summed E-state index contributed by atoms with van der Waals surface area (Å²) in [7, 11) is -0.380. The number of hydrogen-bond donors (Lipinski definition) is 3. The average Bonchev–Trinajstić information content (AvgIpc) is 1.97. The van der Waals surface area contributed by atoms with Crippen LogP contribution in [0.1, 0.15) is 12.8 Å². The zero-order chi connectivity index (χ0) is 8.69. The third kappa shape index (κ3) is 7.56. The fourth-order valence-electron chi connectivity index (χ4n) is 0.529. The fraction of sp³-hybridized carbons (Fsp3) is 0.800. The molecule has 0 radical (unpaired) electrons. The number of carbonyl (C=O) groups is 1. The van der Waals surface area contributed by atoms with Crippen molar-refractivity contribution < 1.29 is 19.0 Å². The minimum Gasteiger partial charge on any atom is -0.480 e. The maximum Gasteiger partial charge on any atom is 0.327 e. The number of aliphatic carboxylic acids is 1. The van der Waals surface area contributed by atoms with E-state index < -0.39 is 12.0 Å². The second kappa shape index (κ2) is 8.55. The van der Waals surface area contributed by atoms with Crippen LogP contribution in [0.15, 0.2) is 0 Å². The van der Waals surface area contributed by atoms with Gasteiger partial charge in [0.1, 0.15) is 6.04 Å². The van der Waals surface area contributed by atoms with Crippen LogP contribution < -0.4 is 11.9 Å². The predicted molar refractivity (Wildman–Crippen MR) is 43.4 cm³/mol. The minimum absolute atomic E-state index is 0. The molecule has 0 aliphatic rings. The molecule has 0 spiro atoms. The Balaban J connectivity index is 0. The van der Waals surface area contributed by atoms with Crippen molar-refractivity contribution in [1.82, 2.24) is 6.15 Å². The summed E-state index contributed by atoms with van der Waals surface area (Å²) >= 11 is 0. The number of hydrogen-bond acceptors (Lipinski definition) is 5. The van der Waals surface area contributed by atoms with Crippen LogP contribution in [0.25, 0.3) is 0 Å². The van der Waals surface area contributed by atoms with Crippen LogP contribution in [0, 0.1) is 0 Å². The van der Waals surface area contributed by atoms with Gasteiger partial charge in [-0.05, 0) is 12.8 Å². The lowest BCUT2D eigenvalue weighted by Crippen LogP contribution is -2.30. The van der Waals surface area contributed by atoms with Crippen molar-refractivity contribution in [2.45, 2.75) is 18.9 Å². The highest BCUT2D eigenvalue weighted by molar-refractivity contribution is 7.17. The van der Waals surface area contributed by atoms with E-state index in [2.05, 4.69) is 4.52 Å². The maximum absolute atomic E-state index is 10.1. The molecule has 0 aliphatic heterocycles. The van der Waals surface area contributed by atoms with E-state index in [0.29, 0.717) is 12.8 Å². The lowest BCUT2D eigenvalue weighted by atomic mass is 10.2. The first-order valence-corrected chi connectivity index (χ1v) is 3.84. The van der Waals surface area contributed by atoms with Crippen molar-refractivity contribution in [3.63, 3.8) is 0 Å². The summed E-state index contributed by atoms with van der Waals surface area (Å²) in [5.41, 5.74) is 5.16. The Hall–Kier alpha value is -0.550. The Labute approximate surface area is 72.0 Å². The molecule has 72 valence electrons. The molecule has 0 aromatic heterocycles. The van der Waals surface area contributed by atoms with Crippen LogP contribution >= 0.6 is 8.69 Å². The normalized spacial score (nSPS) is 12.1. The highest BCUT2D eigenvalue weighted by Gasteiger charge is 2.09. The summed E-state index contributed by atoms with van der Waals surface area (Å²) in [6, 6.07) is -0.845. The zero-order valence-corrected chi connectivity index (χ0v) is 7.50. The van der Waals surface area contributed by atoms with Gasteiger partial charge in [-0.2, -0.15) is 0 Å². The van der Waals surface area contributed by atoms with Gasteiger partial charge < -0.3 is 17.0 Å². The molecule has 0 aromatic rings. The summed E-state index contributed by atoms with van der Waals surface area (Å²) in [5, 5.41) is 8.31. The molecular formula is C5H13N2O4P. The van der Waals surface area contributed by atoms with Gasteiger partial charge in [0.2, 0.25) is 0 Å². The van der Waals surface area contributed by atoms with Crippen LogP contribution in [-0.4, -0.2) is 23.7 Å². The van der Waals surface area contributed by atoms with Crippen LogP contribution in [0.5, 0.6) is 0 Å². The Morgan fingerprint density at radius 1 is 1.67 bits per heavy atom. The fourth-order valence-corrected chi connectivity index (χ4v) is 0.732. The smallest absolute Gasteiger partial charge is 0.327 e. The monoisotopic (exact) mass is 196 g/mol. The summed E-state index contributed by atoms with van der Waals surface area (Å²) in [6.07, 6.45) is 0.841. The second-order valence-corrected chi connectivity index (χ2v) is 2.40. The molecule has 0 aliphatic carbocycles. The molecule has 0 aromatic carbocycles. The van der Waals surface area contributed by atoms with Gasteiger partial charge in [0.15, 0.2) is 0 Å². The van der Waals surface area contributed by atoms with Crippen LogP contribution in [0.4, 0.5) is 0 Å². The molecule has 0 fully saturated rings. The summed E-state index contributed by atoms with van der Waals surface area (Å²) in [4.78, 5) is 10.1. The van der Waals surface area contributed by atoms with E-state index in [9.17, 15) is 9.36 Å². The molecule has 6 N–H and O–H groups in total. The lowest BCUT2D eigenvalue weighted by Gasteiger charge is -2.03. The molecule has 12 heavy (non-hydrogen) atoms. The molecular weight excluding hydrogens is 183 g/mol. The first-order chi connectivity index (χ1) is 5.18. The molecule has 6 nitrogen and oxygen atoms in total. The van der Waals surface area contributed by atoms with Gasteiger partial charge in [-0.3, -0.25) is 9.32 Å². The molecule has 0 heterocycles. The molecule has 0 saturated heterocycles. The molecule has 0 saturated carbocycles. The van der Waals surface area contributed by atoms with Crippen molar-refractivity contribution in [3.8, 4) is 0 Å². The van der Waals surface area contributed by atoms with E-state index in [0.717, 1.165) is 0 Å². The zero-order valence-electron chi connectivity index (χ0n) is 6.60. The Morgan fingerprint density at radius 3 is 2.67 bits per heavy atom. The van der Waals surface area contributed by atoms with Gasteiger partial charge >= 0.3 is 14.7 Å². The summed E-state index contributed by atoms with van der Waals surface area (Å²) in [6.45, 7) is 0.270. The molecule has 0 bridgehead atoms. The van der Waals surface area contributed by atoms with Gasteiger partial charge in [-0.25, -0.2) is 4.57 Å². The largest absolute Gasteiger partial charge is 0.480 e. The van der Waals surface area contributed by atoms with E-state index in [1.54, 1.807) is 0 Å². The van der Waals surface area contributed by atoms with Crippen molar-refractivity contribution in [2.75, 3.05) is 6.61 Å². The van der Waals surface area contributed by atoms with E-state index in [-0.39, 0.29) is 21.4 Å². The van der Waals surface area contributed by atoms with E-state index in [1.807, 2.05) is 0 Å². The topological polar surface area (TPSA) is 125 Å². The Bertz CT molecular complexity index is 143. The van der Waals surface area contributed by atoms with Crippen molar-refractivity contribution in [2.24, 2.45) is 5.73 Å². The van der Waals surface area contributed by atoms with Gasteiger partial charge in [0, 0.05) is 0 Å². The van der Waals surface area contributed by atoms with Crippen molar-refractivity contribution >= 4 is 14.7 Å². The maximum atomic E-state index is 10.1. The van der Waals surface area contributed by atoms with Gasteiger partial charge in [0.05, 0.1) is 6.61 Å². The van der Waals surface area contributed by atoms with E-state index in [1.165, 1.54) is 0 Å². The number of carboxylic acids is 1. The highest BCUT2D eigenvalue weighted by atomic mass is 31.1. The SMILES string of the molecule is N.NC(CCCOP=O)C(=O)O. The first kappa shape index (κ1) is 14.0. The van der Waals surface area contributed by atoms with Crippen LogP contribution in [0.2, 0.25) is 0 Å². The molecule has 0 rings (SSSR count). The van der Waals surface area contributed by atoms with Crippen LogP contribution in [0.3, 0.4) is 0 Å². The number of nitrogens with two attached hydrogens (primary N) is 1. The molecule has 7 heteroatoms. The van der Waals surface area contributed by atoms with Crippen molar-refractivity contribution in [3.05, 3.63) is 0 Å². The second-order valence-electron chi connectivity index (χ2n) is 1.99. The minimum atomic E-state index is -1.02. The van der Waals surface area contributed by atoms with Crippen molar-refractivity contribution in [1.29, 1.82) is 0 Å². The Kier molecular flexibility index (Phi) is 9.97. The molecule has 1 unspecified atom stereocenters.